The number of amides is 1. The van der Waals surface area contributed by atoms with Crippen molar-refractivity contribution in [3.63, 3.8) is 0 Å². The van der Waals surface area contributed by atoms with E-state index in [1.54, 1.807) is 0 Å². The van der Waals surface area contributed by atoms with Crippen LogP contribution in [0.4, 0.5) is 0 Å². The van der Waals surface area contributed by atoms with E-state index in [2.05, 4.69) is 12.1 Å². The van der Waals surface area contributed by atoms with E-state index in [-0.39, 0.29) is 11.8 Å². The van der Waals surface area contributed by atoms with Crippen molar-refractivity contribution < 1.29 is 19.3 Å². The molecule has 23 heavy (non-hydrogen) atoms. The van der Waals surface area contributed by atoms with Crippen LogP contribution < -0.4 is 0 Å². The maximum atomic E-state index is 11.7. The Morgan fingerprint density at radius 2 is 2.00 bits per heavy atom. The number of aryl methyl sites for hydroxylation is 1. The summed E-state index contributed by atoms with van der Waals surface area (Å²) in [5, 5.41) is 8.07. The number of carbonyl (C=O) groups excluding carboxylic acids is 1. The first-order valence-corrected chi connectivity index (χ1v) is 8.88. The van der Waals surface area contributed by atoms with Gasteiger partial charge in [0.2, 0.25) is 5.91 Å². The van der Waals surface area contributed by atoms with Crippen LogP contribution in [0.25, 0.3) is 0 Å². The molecule has 1 aliphatic heterocycles. The molecule has 0 spiro atoms. The maximum Gasteiger partial charge on any atom is 0.381 e. The molecule has 1 aromatic rings. The van der Waals surface area contributed by atoms with E-state index >= 15 is 0 Å². The van der Waals surface area contributed by atoms with Crippen molar-refractivity contribution in [3.8, 4) is 0 Å². The minimum atomic E-state index is -1.53. The Balaban J connectivity index is 1.97. The number of carboxylic acids is 1. The predicted octanol–water partition coefficient (Wildman–Crippen LogP) is 3.07. The van der Waals surface area contributed by atoms with Gasteiger partial charge in [0, 0.05) is 19.4 Å². The number of aliphatic carboxylic acids is 1. The lowest BCUT2D eigenvalue weighted by atomic mass is 9.92. The second kappa shape index (κ2) is 7.69. The molecule has 1 N–H and O–H groups in total. The Labute approximate surface area is 137 Å². The standard InChI is InChI=1S/C17H22NO4P/c1-13(19)18-12-11-15(17(18,23-22)16(20)21)10-6-5-9-14-7-3-2-4-8-14/h2-4,7-8,15H,5-6,9-12H2,1H3,(H,20,21)/p+1/t15?,17-/m1/s1. The molecule has 0 radical (unpaired) electrons. The number of likely N-dealkylation sites (tertiary alicyclic amines) is 1. The van der Waals surface area contributed by atoms with Gasteiger partial charge in [-0.2, -0.15) is 0 Å². The lowest BCUT2D eigenvalue weighted by molar-refractivity contribution is -0.151. The molecular weight excluding hydrogens is 313 g/mol. The van der Waals surface area contributed by atoms with E-state index in [0.29, 0.717) is 19.4 Å². The SMILES string of the molecule is CC(=O)N1CCC(CCCCc2ccccc2)[C@@]1([PH+]=O)C(=O)O. The summed E-state index contributed by atoms with van der Waals surface area (Å²) in [7, 11) is -1.04. The lowest BCUT2D eigenvalue weighted by Crippen LogP contribution is -2.51. The van der Waals surface area contributed by atoms with Gasteiger partial charge in [-0.25, -0.2) is 4.79 Å². The first-order chi connectivity index (χ1) is 11.0. The summed E-state index contributed by atoms with van der Waals surface area (Å²) in [6.07, 6.45) is 4.05. The van der Waals surface area contributed by atoms with Crippen LogP contribution in [0.2, 0.25) is 0 Å². The minimum Gasteiger partial charge on any atom is -0.476 e. The molecule has 5 nitrogen and oxygen atoms in total. The third kappa shape index (κ3) is 3.61. The highest BCUT2D eigenvalue weighted by Gasteiger charge is 2.63. The molecule has 1 fully saturated rings. The number of carboxylic acid groups (broad SMARTS) is 1. The number of hydrogen-bond acceptors (Lipinski definition) is 3. The molecular formula is C17H23NO4P+. The van der Waals surface area contributed by atoms with Crippen molar-refractivity contribution in [3.05, 3.63) is 35.9 Å². The van der Waals surface area contributed by atoms with Gasteiger partial charge in [-0.05, 0) is 31.2 Å². The van der Waals surface area contributed by atoms with Crippen LogP contribution >= 0.6 is 8.46 Å². The van der Waals surface area contributed by atoms with E-state index in [9.17, 15) is 19.3 Å². The Hall–Kier alpha value is -1.74. The molecule has 1 amide bonds. The zero-order valence-electron chi connectivity index (χ0n) is 13.3. The fourth-order valence-corrected chi connectivity index (χ4v) is 4.41. The first kappa shape index (κ1) is 17.6. The zero-order chi connectivity index (χ0) is 16.9. The van der Waals surface area contributed by atoms with Crippen molar-refractivity contribution >= 4 is 20.3 Å². The number of unbranched alkanes of at least 4 members (excludes halogenated alkanes) is 1. The smallest absolute Gasteiger partial charge is 0.381 e. The van der Waals surface area contributed by atoms with Crippen LogP contribution in [0.5, 0.6) is 0 Å². The topological polar surface area (TPSA) is 74.7 Å². The molecule has 1 aromatic carbocycles. The summed E-state index contributed by atoms with van der Waals surface area (Å²) in [4.78, 5) is 24.7. The van der Waals surface area contributed by atoms with Crippen LogP contribution in [0.3, 0.4) is 0 Å². The number of nitrogens with zero attached hydrogens (tertiary/aromatic N) is 1. The van der Waals surface area contributed by atoms with Crippen LogP contribution in [0, 0.1) is 5.92 Å². The highest BCUT2D eigenvalue weighted by Crippen LogP contribution is 2.45. The molecule has 0 aliphatic carbocycles. The average molecular weight is 336 g/mol. The van der Waals surface area contributed by atoms with Gasteiger partial charge in [-0.3, -0.25) is 9.69 Å². The van der Waals surface area contributed by atoms with E-state index in [0.717, 1.165) is 19.3 Å². The van der Waals surface area contributed by atoms with Crippen LogP contribution in [0.1, 0.15) is 38.2 Å². The summed E-state index contributed by atoms with van der Waals surface area (Å²) < 4.78 is 11.7. The lowest BCUT2D eigenvalue weighted by Gasteiger charge is -2.26. The van der Waals surface area contributed by atoms with Crippen molar-refractivity contribution in [2.24, 2.45) is 5.92 Å². The van der Waals surface area contributed by atoms with Crippen LogP contribution in [0.15, 0.2) is 30.3 Å². The molecule has 1 aliphatic rings. The summed E-state index contributed by atoms with van der Waals surface area (Å²) in [5.41, 5.74) is 1.26. The van der Waals surface area contributed by atoms with Crippen molar-refractivity contribution in [2.45, 2.75) is 44.3 Å². The molecule has 2 unspecified atom stereocenters. The number of rotatable bonds is 7. The number of benzene rings is 1. The molecule has 124 valence electrons. The van der Waals surface area contributed by atoms with E-state index < -0.39 is 19.7 Å². The maximum absolute atomic E-state index is 11.7. The molecule has 1 heterocycles. The van der Waals surface area contributed by atoms with E-state index in [1.165, 1.54) is 17.4 Å². The Kier molecular flexibility index (Phi) is 5.89. The minimum absolute atomic E-state index is 0.240. The highest BCUT2D eigenvalue weighted by molar-refractivity contribution is 7.27. The summed E-state index contributed by atoms with van der Waals surface area (Å²) in [5.74, 6) is -1.70. The third-order valence-electron chi connectivity index (χ3n) is 4.69. The first-order valence-electron chi connectivity index (χ1n) is 7.97. The monoisotopic (exact) mass is 336 g/mol. The van der Waals surface area contributed by atoms with E-state index in [4.69, 9.17) is 0 Å². The summed E-state index contributed by atoms with van der Waals surface area (Å²) in [6, 6.07) is 10.1. The highest BCUT2D eigenvalue weighted by atomic mass is 31.1. The van der Waals surface area contributed by atoms with Crippen molar-refractivity contribution in [1.82, 2.24) is 4.90 Å². The molecule has 1 saturated heterocycles. The normalized spacial score (nSPS) is 24.0. The molecule has 0 bridgehead atoms. The van der Waals surface area contributed by atoms with Gasteiger partial charge in [0.25, 0.3) is 0 Å². The predicted molar refractivity (Wildman–Crippen MR) is 88.9 cm³/mol. The van der Waals surface area contributed by atoms with Gasteiger partial charge in [0.15, 0.2) is 0 Å². The van der Waals surface area contributed by atoms with Crippen LogP contribution in [-0.4, -0.2) is 33.7 Å². The summed E-state index contributed by atoms with van der Waals surface area (Å²) in [6.45, 7) is 1.72. The molecule has 2 rings (SSSR count). The Morgan fingerprint density at radius 3 is 2.57 bits per heavy atom. The van der Waals surface area contributed by atoms with Gasteiger partial charge < -0.3 is 5.11 Å². The van der Waals surface area contributed by atoms with Gasteiger partial charge in [0.05, 0.1) is 0 Å². The fraction of sp³-hybridized carbons (Fsp3) is 0.529. The Morgan fingerprint density at radius 1 is 1.30 bits per heavy atom. The average Bonchev–Trinajstić information content (AvgIpc) is 2.92. The molecule has 0 aromatic heterocycles. The number of carbonyl (C=O) groups is 2. The van der Waals surface area contributed by atoms with Crippen molar-refractivity contribution in [1.29, 1.82) is 0 Å². The fourth-order valence-electron chi connectivity index (χ4n) is 3.49. The Bertz CT molecular complexity index is 577. The van der Waals surface area contributed by atoms with Gasteiger partial charge in [-0.15, -0.1) is 0 Å². The summed E-state index contributed by atoms with van der Waals surface area (Å²) >= 11 is 0. The second-order valence-corrected chi connectivity index (χ2v) is 7.03. The largest absolute Gasteiger partial charge is 0.476 e. The zero-order valence-corrected chi connectivity index (χ0v) is 14.3. The van der Waals surface area contributed by atoms with Gasteiger partial charge in [0.1, 0.15) is 0 Å². The van der Waals surface area contributed by atoms with Gasteiger partial charge in [-0.1, -0.05) is 41.3 Å². The van der Waals surface area contributed by atoms with Gasteiger partial charge >= 0.3 is 19.7 Å². The van der Waals surface area contributed by atoms with Crippen molar-refractivity contribution in [2.75, 3.05) is 6.54 Å². The quantitative estimate of drug-likeness (QED) is 0.613. The number of hydrogen-bond donors (Lipinski definition) is 1. The molecule has 0 saturated carbocycles. The van der Waals surface area contributed by atoms with E-state index in [1.807, 2.05) is 18.2 Å². The second-order valence-electron chi connectivity index (χ2n) is 6.06. The molecule has 3 atom stereocenters. The third-order valence-corrected chi connectivity index (χ3v) is 5.89. The molecule has 6 heteroatoms. The van der Waals surface area contributed by atoms with Crippen LogP contribution in [-0.2, 0) is 20.6 Å².